The number of carbonyl (C=O) groups excluding carboxylic acids is 3. The molecular weight excluding hydrogens is 508 g/mol. The van der Waals surface area contributed by atoms with Crippen LogP contribution in [0.5, 0.6) is 5.75 Å². The molecule has 33 heavy (non-hydrogen) atoms. The van der Waals surface area contributed by atoms with E-state index in [0.717, 1.165) is 20.5 Å². The number of aryl methyl sites for hydroxylation is 1. The molecule has 0 unspecified atom stereocenters. The summed E-state index contributed by atoms with van der Waals surface area (Å²) in [6.45, 7) is 2.12. The highest BCUT2D eigenvalue weighted by atomic mass is 79.9. The van der Waals surface area contributed by atoms with Gasteiger partial charge in [-0.05, 0) is 66.6 Å². The number of carbonyl (C=O) groups is 3. The van der Waals surface area contributed by atoms with Crippen molar-refractivity contribution in [3.8, 4) is 5.75 Å². The molecule has 4 amide bonds. The zero-order valence-electron chi connectivity index (χ0n) is 17.5. The number of nitrogens with zero attached hydrogens (tertiary/aromatic N) is 1. The number of halogens is 2. The largest absolute Gasteiger partial charge is 0.488 e. The van der Waals surface area contributed by atoms with E-state index in [-0.39, 0.29) is 12.2 Å². The normalized spacial score (nSPS) is 15.1. The summed E-state index contributed by atoms with van der Waals surface area (Å²) < 4.78 is 6.69. The van der Waals surface area contributed by atoms with Gasteiger partial charge in [-0.15, -0.1) is 0 Å². The second-order valence-electron chi connectivity index (χ2n) is 7.39. The van der Waals surface area contributed by atoms with E-state index in [2.05, 4.69) is 21.2 Å². The van der Waals surface area contributed by atoms with Crippen molar-refractivity contribution < 1.29 is 19.1 Å². The molecule has 0 saturated carbocycles. The lowest BCUT2D eigenvalue weighted by molar-refractivity contribution is -0.122. The van der Waals surface area contributed by atoms with E-state index in [1.807, 2.05) is 25.1 Å². The number of urea groups is 1. The lowest BCUT2D eigenvalue weighted by atomic mass is 10.1. The Morgan fingerprint density at radius 3 is 2.52 bits per heavy atom. The zero-order chi connectivity index (χ0) is 23.5. The molecule has 1 aliphatic rings. The van der Waals surface area contributed by atoms with Gasteiger partial charge in [0.15, 0.2) is 0 Å². The van der Waals surface area contributed by atoms with Crippen LogP contribution in [0.1, 0.15) is 16.7 Å². The van der Waals surface area contributed by atoms with Crippen LogP contribution in [0.3, 0.4) is 0 Å². The second kappa shape index (κ2) is 9.60. The molecule has 1 fully saturated rings. The maximum atomic E-state index is 13.2. The van der Waals surface area contributed by atoms with Gasteiger partial charge < -0.3 is 4.74 Å². The Bertz CT molecular complexity index is 1290. The van der Waals surface area contributed by atoms with Gasteiger partial charge in [0.05, 0.1) is 5.69 Å². The first kappa shape index (κ1) is 22.8. The molecule has 6 nitrogen and oxygen atoms in total. The van der Waals surface area contributed by atoms with Crippen LogP contribution in [0.4, 0.5) is 10.5 Å². The van der Waals surface area contributed by atoms with Crippen LogP contribution in [0.15, 0.2) is 76.8 Å². The quantitative estimate of drug-likeness (QED) is 0.345. The van der Waals surface area contributed by atoms with Gasteiger partial charge in [0.25, 0.3) is 11.8 Å². The van der Waals surface area contributed by atoms with Crippen molar-refractivity contribution in [2.45, 2.75) is 13.5 Å². The van der Waals surface area contributed by atoms with Crippen molar-refractivity contribution in [1.82, 2.24) is 5.32 Å². The Morgan fingerprint density at radius 1 is 1.03 bits per heavy atom. The van der Waals surface area contributed by atoms with Gasteiger partial charge in [-0.2, -0.15) is 0 Å². The first-order chi connectivity index (χ1) is 15.8. The molecule has 1 heterocycles. The lowest BCUT2D eigenvalue weighted by Crippen LogP contribution is -2.54. The van der Waals surface area contributed by atoms with E-state index in [0.29, 0.717) is 22.0 Å². The highest BCUT2D eigenvalue weighted by molar-refractivity contribution is 9.10. The highest BCUT2D eigenvalue weighted by Crippen LogP contribution is 2.29. The summed E-state index contributed by atoms with van der Waals surface area (Å²) in [6.07, 6.45) is 1.43. The first-order valence-corrected chi connectivity index (χ1v) is 11.1. The van der Waals surface area contributed by atoms with Crippen molar-refractivity contribution >= 4 is 57.1 Å². The zero-order valence-corrected chi connectivity index (χ0v) is 19.8. The summed E-state index contributed by atoms with van der Waals surface area (Å²) in [7, 11) is 0. The number of amides is 4. The molecule has 3 aromatic carbocycles. The number of rotatable bonds is 5. The Morgan fingerprint density at radius 2 is 1.79 bits per heavy atom. The van der Waals surface area contributed by atoms with Crippen molar-refractivity contribution in [3.63, 3.8) is 0 Å². The average molecular weight is 526 g/mol. The third-order valence-electron chi connectivity index (χ3n) is 4.94. The van der Waals surface area contributed by atoms with Crippen molar-refractivity contribution in [3.05, 3.63) is 98.5 Å². The predicted molar refractivity (Wildman–Crippen MR) is 130 cm³/mol. The topological polar surface area (TPSA) is 75.7 Å². The van der Waals surface area contributed by atoms with E-state index < -0.39 is 17.8 Å². The smallest absolute Gasteiger partial charge is 0.335 e. The molecule has 1 aliphatic heterocycles. The SMILES string of the molecule is Cc1cccc(N2C(=O)NC(=O)/C(=C\c3cc(Br)ccc3OCc3ccc(Cl)cc3)C2=O)c1. The molecule has 4 rings (SSSR count). The Labute approximate surface area is 203 Å². The standard InChI is InChI=1S/C25H18BrClN2O4/c1-15-3-2-4-20(11-15)29-24(31)21(23(30)28-25(29)32)13-17-12-18(26)7-10-22(17)33-14-16-5-8-19(27)9-6-16/h2-13H,14H2,1H3,(H,28,30,32)/b21-13+. The summed E-state index contributed by atoms with van der Waals surface area (Å²) in [5.74, 6) is -1.00. The summed E-state index contributed by atoms with van der Waals surface area (Å²) in [6, 6.07) is 18.6. The van der Waals surface area contributed by atoms with Crippen LogP contribution in [0, 0.1) is 6.92 Å². The monoisotopic (exact) mass is 524 g/mol. The Hall–Kier alpha value is -3.42. The fraction of sp³-hybridized carbons (Fsp3) is 0.0800. The number of barbiturate groups is 1. The fourth-order valence-corrected chi connectivity index (χ4v) is 3.82. The maximum absolute atomic E-state index is 13.2. The van der Waals surface area contributed by atoms with Crippen LogP contribution in [-0.2, 0) is 16.2 Å². The van der Waals surface area contributed by atoms with Crippen LogP contribution in [-0.4, -0.2) is 17.8 Å². The number of anilines is 1. The molecule has 0 spiro atoms. The summed E-state index contributed by atoms with van der Waals surface area (Å²) in [5.41, 5.74) is 2.49. The summed E-state index contributed by atoms with van der Waals surface area (Å²) in [4.78, 5) is 39.1. The van der Waals surface area contributed by atoms with Crippen molar-refractivity contribution in [1.29, 1.82) is 0 Å². The van der Waals surface area contributed by atoms with Crippen LogP contribution in [0.25, 0.3) is 6.08 Å². The Balaban J connectivity index is 1.67. The molecule has 8 heteroatoms. The van der Waals surface area contributed by atoms with Gasteiger partial charge >= 0.3 is 6.03 Å². The van der Waals surface area contributed by atoms with Crippen LogP contribution in [0.2, 0.25) is 5.02 Å². The number of ether oxygens (including phenoxy) is 1. The summed E-state index contributed by atoms with van der Waals surface area (Å²) in [5, 5.41) is 2.87. The number of hydrogen-bond donors (Lipinski definition) is 1. The molecule has 0 aromatic heterocycles. The molecule has 0 radical (unpaired) electrons. The van der Waals surface area contributed by atoms with Crippen molar-refractivity contribution in [2.75, 3.05) is 4.90 Å². The average Bonchev–Trinajstić information content (AvgIpc) is 2.77. The van der Waals surface area contributed by atoms with E-state index >= 15 is 0 Å². The number of imide groups is 2. The van der Waals surface area contributed by atoms with E-state index in [1.165, 1.54) is 6.08 Å². The molecule has 3 aromatic rings. The minimum atomic E-state index is -0.791. The predicted octanol–water partition coefficient (Wildman–Crippen LogP) is 5.66. The van der Waals surface area contributed by atoms with Crippen LogP contribution >= 0.6 is 27.5 Å². The minimum absolute atomic E-state index is 0.175. The number of benzene rings is 3. The van der Waals surface area contributed by atoms with E-state index in [9.17, 15) is 14.4 Å². The lowest BCUT2D eigenvalue weighted by Gasteiger charge is -2.26. The molecular formula is C25H18BrClN2O4. The van der Waals surface area contributed by atoms with Gasteiger partial charge in [0.2, 0.25) is 0 Å². The van der Waals surface area contributed by atoms with E-state index in [1.54, 1.807) is 48.5 Å². The molecule has 166 valence electrons. The first-order valence-electron chi connectivity index (χ1n) is 9.97. The van der Waals surface area contributed by atoms with Crippen LogP contribution < -0.4 is 15.0 Å². The third kappa shape index (κ3) is 5.16. The van der Waals surface area contributed by atoms with Gasteiger partial charge in [-0.3, -0.25) is 14.9 Å². The molecule has 0 atom stereocenters. The van der Waals surface area contributed by atoms with Crippen molar-refractivity contribution in [2.24, 2.45) is 0 Å². The summed E-state index contributed by atoms with van der Waals surface area (Å²) >= 11 is 9.34. The van der Waals surface area contributed by atoms with Gasteiger partial charge in [0.1, 0.15) is 17.9 Å². The molecule has 1 N–H and O–H groups in total. The molecule has 0 aliphatic carbocycles. The molecule has 1 saturated heterocycles. The molecule has 0 bridgehead atoms. The second-order valence-corrected chi connectivity index (χ2v) is 8.75. The fourth-order valence-electron chi connectivity index (χ4n) is 3.32. The van der Waals surface area contributed by atoms with Gasteiger partial charge in [0, 0.05) is 15.1 Å². The van der Waals surface area contributed by atoms with Gasteiger partial charge in [-0.25, -0.2) is 9.69 Å². The maximum Gasteiger partial charge on any atom is 0.335 e. The third-order valence-corrected chi connectivity index (χ3v) is 5.69. The highest BCUT2D eigenvalue weighted by Gasteiger charge is 2.37. The number of nitrogens with one attached hydrogen (secondary N) is 1. The Kier molecular flexibility index (Phi) is 6.62. The number of hydrogen-bond acceptors (Lipinski definition) is 4. The minimum Gasteiger partial charge on any atom is -0.488 e. The van der Waals surface area contributed by atoms with Gasteiger partial charge in [-0.1, -0.05) is 51.8 Å². The van der Waals surface area contributed by atoms with E-state index in [4.69, 9.17) is 16.3 Å².